The normalized spacial score (nSPS) is 17.8. The lowest BCUT2D eigenvalue weighted by Crippen LogP contribution is -2.40. The number of para-hydroxylation sites is 2. The molecule has 3 aromatic rings. The molecule has 0 spiro atoms. The first-order valence-corrected chi connectivity index (χ1v) is 13.3. The SMILES string of the molecule is Cl.O=C1CCCN1CC(CN1CCCCCC1)Sc1nc2ccccc2c(=O)n1-c1ccccc1. The van der Waals surface area contributed by atoms with Crippen LogP contribution in [-0.2, 0) is 4.79 Å². The Morgan fingerprint density at radius 1 is 0.829 bits per heavy atom. The van der Waals surface area contributed by atoms with Crippen molar-refractivity contribution in [1.29, 1.82) is 0 Å². The molecule has 1 aromatic heterocycles. The van der Waals surface area contributed by atoms with Gasteiger partial charge in [0.05, 0.1) is 16.6 Å². The molecular weight excluding hydrogens is 480 g/mol. The fourth-order valence-corrected chi connectivity index (χ4v) is 6.31. The molecule has 186 valence electrons. The summed E-state index contributed by atoms with van der Waals surface area (Å²) in [6.45, 7) is 4.61. The summed E-state index contributed by atoms with van der Waals surface area (Å²) in [4.78, 5) is 35.6. The zero-order chi connectivity index (χ0) is 23.3. The third kappa shape index (κ3) is 6.08. The van der Waals surface area contributed by atoms with Gasteiger partial charge in [-0.2, -0.15) is 0 Å². The number of halogens is 1. The van der Waals surface area contributed by atoms with Crippen molar-refractivity contribution in [2.45, 2.75) is 48.9 Å². The quantitative estimate of drug-likeness (QED) is 0.337. The minimum Gasteiger partial charge on any atom is -0.342 e. The molecule has 1 amide bonds. The maximum absolute atomic E-state index is 13.6. The van der Waals surface area contributed by atoms with Crippen LogP contribution in [0.25, 0.3) is 16.6 Å². The number of aromatic nitrogens is 2. The average Bonchev–Trinajstić information content (AvgIpc) is 3.08. The van der Waals surface area contributed by atoms with Crippen LogP contribution in [0.4, 0.5) is 0 Å². The maximum Gasteiger partial charge on any atom is 0.266 e. The first-order valence-electron chi connectivity index (χ1n) is 12.4. The highest BCUT2D eigenvalue weighted by Gasteiger charge is 2.27. The summed E-state index contributed by atoms with van der Waals surface area (Å²) in [5, 5.41) is 1.46. The third-order valence-corrected chi connectivity index (χ3v) is 7.90. The van der Waals surface area contributed by atoms with E-state index in [0.717, 1.165) is 38.3 Å². The molecule has 6 nitrogen and oxygen atoms in total. The number of rotatable bonds is 7. The number of hydrogen-bond donors (Lipinski definition) is 0. The average molecular weight is 513 g/mol. The van der Waals surface area contributed by atoms with E-state index < -0.39 is 0 Å². The van der Waals surface area contributed by atoms with Crippen LogP contribution in [-0.4, -0.2) is 63.2 Å². The van der Waals surface area contributed by atoms with Gasteiger partial charge in [-0.25, -0.2) is 4.98 Å². The molecule has 0 N–H and O–H groups in total. The number of hydrogen-bond acceptors (Lipinski definition) is 5. The lowest BCUT2D eigenvalue weighted by atomic mass is 10.2. The van der Waals surface area contributed by atoms with Crippen molar-refractivity contribution < 1.29 is 4.79 Å². The highest BCUT2D eigenvalue weighted by atomic mass is 35.5. The van der Waals surface area contributed by atoms with E-state index in [1.165, 1.54) is 25.7 Å². The number of carbonyl (C=O) groups excluding carboxylic acids is 1. The van der Waals surface area contributed by atoms with Crippen molar-refractivity contribution in [3.05, 3.63) is 65.0 Å². The Morgan fingerprint density at radius 2 is 1.54 bits per heavy atom. The Morgan fingerprint density at radius 3 is 2.26 bits per heavy atom. The summed E-state index contributed by atoms with van der Waals surface area (Å²) in [5.41, 5.74) is 1.48. The molecule has 1 atom stereocenters. The van der Waals surface area contributed by atoms with Gasteiger partial charge in [0.1, 0.15) is 0 Å². The lowest BCUT2D eigenvalue weighted by Gasteiger charge is -2.29. The number of thioether (sulfide) groups is 1. The summed E-state index contributed by atoms with van der Waals surface area (Å²) in [5.74, 6) is 0.244. The molecule has 0 radical (unpaired) electrons. The zero-order valence-electron chi connectivity index (χ0n) is 20.0. The summed E-state index contributed by atoms with van der Waals surface area (Å²) < 4.78 is 1.74. The Kier molecular flexibility index (Phi) is 8.87. The molecule has 0 saturated carbocycles. The predicted octanol–water partition coefficient (Wildman–Crippen LogP) is 4.77. The fraction of sp³-hybridized carbons (Fsp3) is 0.444. The van der Waals surface area contributed by atoms with Crippen molar-refractivity contribution >= 4 is 41.0 Å². The molecule has 2 aromatic carbocycles. The van der Waals surface area contributed by atoms with Crippen molar-refractivity contribution in [2.75, 3.05) is 32.7 Å². The highest BCUT2D eigenvalue weighted by Crippen LogP contribution is 2.28. The molecule has 0 aliphatic carbocycles. The zero-order valence-corrected chi connectivity index (χ0v) is 21.6. The van der Waals surface area contributed by atoms with E-state index in [1.807, 2.05) is 59.5 Å². The minimum absolute atomic E-state index is 0. The van der Waals surface area contributed by atoms with Gasteiger partial charge in [0.25, 0.3) is 5.56 Å². The van der Waals surface area contributed by atoms with Gasteiger partial charge in [-0.3, -0.25) is 14.2 Å². The lowest BCUT2D eigenvalue weighted by molar-refractivity contribution is -0.127. The molecule has 35 heavy (non-hydrogen) atoms. The molecule has 1 unspecified atom stereocenters. The van der Waals surface area contributed by atoms with Crippen LogP contribution in [0.3, 0.4) is 0 Å². The Hall–Kier alpha value is -2.35. The van der Waals surface area contributed by atoms with Crippen molar-refractivity contribution in [3.63, 3.8) is 0 Å². The molecule has 2 saturated heterocycles. The largest absolute Gasteiger partial charge is 0.342 e. The second-order valence-corrected chi connectivity index (χ2v) is 10.6. The number of likely N-dealkylation sites (tertiary alicyclic amines) is 2. The number of carbonyl (C=O) groups is 1. The van der Waals surface area contributed by atoms with Gasteiger partial charge in [0.15, 0.2) is 5.16 Å². The number of amides is 1. The van der Waals surface area contributed by atoms with Gasteiger partial charge in [0, 0.05) is 31.3 Å². The van der Waals surface area contributed by atoms with Crippen molar-refractivity contribution in [1.82, 2.24) is 19.4 Å². The number of nitrogens with zero attached hydrogens (tertiary/aromatic N) is 4. The Bertz CT molecular complexity index is 1190. The second-order valence-electron chi connectivity index (χ2n) is 9.29. The number of fused-ring (bicyclic) bond motifs is 1. The maximum atomic E-state index is 13.6. The van der Waals surface area contributed by atoms with Gasteiger partial charge >= 0.3 is 0 Å². The molecule has 2 fully saturated rings. The molecule has 0 bridgehead atoms. The molecule has 5 rings (SSSR count). The fourth-order valence-electron chi connectivity index (χ4n) is 5.03. The van der Waals surface area contributed by atoms with E-state index in [0.29, 0.717) is 29.0 Å². The van der Waals surface area contributed by atoms with Gasteiger partial charge in [-0.1, -0.05) is 54.9 Å². The summed E-state index contributed by atoms with van der Waals surface area (Å²) in [7, 11) is 0. The van der Waals surface area contributed by atoms with E-state index in [9.17, 15) is 9.59 Å². The molecular formula is C27H33ClN4O2S. The van der Waals surface area contributed by atoms with E-state index in [2.05, 4.69) is 4.90 Å². The van der Waals surface area contributed by atoms with Crippen molar-refractivity contribution in [3.8, 4) is 5.69 Å². The predicted molar refractivity (Wildman–Crippen MR) is 145 cm³/mol. The Labute approximate surface area is 217 Å². The summed E-state index contributed by atoms with van der Waals surface area (Å²) in [6.07, 6.45) is 6.61. The van der Waals surface area contributed by atoms with Crippen LogP contribution in [0.15, 0.2) is 64.5 Å². The molecule has 2 aliphatic rings. The van der Waals surface area contributed by atoms with Crippen LogP contribution >= 0.6 is 24.2 Å². The monoisotopic (exact) mass is 512 g/mol. The van der Waals surface area contributed by atoms with Crippen LogP contribution < -0.4 is 5.56 Å². The molecule has 8 heteroatoms. The smallest absolute Gasteiger partial charge is 0.266 e. The Balaban J connectivity index is 0.00000289. The van der Waals surface area contributed by atoms with Crippen LogP contribution in [0.1, 0.15) is 38.5 Å². The van der Waals surface area contributed by atoms with Gasteiger partial charge in [0.2, 0.25) is 5.91 Å². The van der Waals surface area contributed by atoms with E-state index in [-0.39, 0.29) is 29.1 Å². The van der Waals surface area contributed by atoms with Crippen molar-refractivity contribution in [2.24, 2.45) is 0 Å². The van der Waals surface area contributed by atoms with E-state index >= 15 is 0 Å². The molecule has 2 aliphatic heterocycles. The third-order valence-electron chi connectivity index (χ3n) is 6.79. The minimum atomic E-state index is -0.0509. The number of benzene rings is 2. The second kappa shape index (κ2) is 12.1. The standard InChI is InChI=1S/C27H32N4O2S.ClH/c32-25-15-10-18-30(25)20-22(19-29-16-8-1-2-9-17-29)34-27-28-24-14-7-6-13-23(24)26(33)31(27)21-11-4-3-5-12-21;/h3-7,11-14,22H,1-2,8-10,15-20H2;1H. The van der Waals surface area contributed by atoms with Gasteiger partial charge in [-0.05, 0) is 56.6 Å². The first kappa shape index (κ1) is 25.7. The summed E-state index contributed by atoms with van der Waals surface area (Å²) in [6, 6.07) is 17.3. The van der Waals surface area contributed by atoms with Crippen LogP contribution in [0, 0.1) is 0 Å². The van der Waals surface area contributed by atoms with Crippen LogP contribution in [0.5, 0.6) is 0 Å². The van der Waals surface area contributed by atoms with Crippen LogP contribution in [0.2, 0.25) is 0 Å². The molecule has 3 heterocycles. The van der Waals surface area contributed by atoms with Gasteiger partial charge < -0.3 is 9.80 Å². The first-order chi connectivity index (χ1) is 16.7. The highest BCUT2D eigenvalue weighted by molar-refractivity contribution is 7.99. The van der Waals surface area contributed by atoms with Gasteiger partial charge in [-0.15, -0.1) is 12.4 Å². The summed E-state index contributed by atoms with van der Waals surface area (Å²) >= 11 is 1.64. The van der Waals surface area contributed by atoms with E-state index in [4.69, 9.17) is 4.98 Å². The van der Waals surface area contributed by atoms with E-state index in [1.54, 1.807) is 16.3 Å². The topological polar surface area (TPSA) is 58.4 Å².